The van der Waals surface area contributed by atoms with Gasteiger partial charge in [-0.05, 0) is 68.2 Å². The van der Waals surface area contributed by atoms with E-state index in [1.165, 1.54) is 0 Å². The van der Waals surface area contributed by atoms with E-state index in [0.29, 0.717) is 17.7 Å². The molecule has 2 aliphatic carbocycles. The van der Waals surface area contributed by atoms with Crippen LogP contribution in [0, 0.1) is 6.92 Å². The van der Waals surface area contributed by atoms with Gasteiger partial charge in [0.15, 0.2) is 5.78 Å². The predicted molar refractivity (Wildman–Crippen MR) is 109 cm³/mol. The third kappa shape index (κ3) is 3.46. The summed E-state index contributed by atoms with van der Waals surface area (Å²) in [6.45, 7) is 1.85. The van der Waals surface area contributed by atoms with Crippen molar-refractivity contribution >= 4 is 17.4 Å². The lowest BCUT2D eigenvalue weighted by Crippen LogP contribution is -2.18. The van der Waals surface area contributed by atoms with Crippen LogP contribution in [-0.2, 0) is 11.2 Å². The normalized spacial score (nSPS) is 19.5. The molecule has 0 amide bonds. The van der Waals surface area contributed by atoms with Crippen LogP contribution in [0.2, 0.25) is 0 Å². The third-order valence-electron chi connectivity index (χ3n) is 6.15. The quantitative estimate of drug-likeness (QED) is 0.799. The first kappa shape index (κ1) is 18.8. The Hall–Kier alpha value is -2.56. The van der Waals surface area contributed by atoms with Crippen LogP contribution < -0.4 is 4.90 Å². The Bertz CT molecular complexity index is 889. The van der Waals surface area contributed by atoms with Crippen LogP contribution in [0.5, 0.6) is 0 Å². The summed E-state index contributed by atoms with van der Waals surface area (Å²) in [4.78, 5) is 30.8. The summed E-state index contributed by atoms with van der Waals surface area (Å²) < 4.78 is 5.65. The number of ketones is 1. The fourth-order valence-electron chi connectivity index (χ4n) is 4.53. The lowest BCUT2D eigenvalue weighted by Gasteiger charge is -2.23. The maximum Gasteiger partial charge on any atom is 0.355 e. The Kier molecular flexibility index (Phi) is 5.00. The number of carbonyl (C=O) groups excluding carboxylic acids is 2. The van der Waals surface area contributed by atoms with Gasteiger partial charge in [-0.3, -0.25) is 4.79 Å². The summed E-state index contributed by atoms with van der Waals surface area (Å²) >= 11 is 0. The summed E-state index contributed by atoms with van der Waals surface area (Å²) in [7, 11) is 4.03. The van der Waals surface area contributed by atoms with Gasteiger partial charge in [0.05, 0.1) is 0 Å². The summed E-state index contributed by atoms with van der Waals surface area (Å²) in [5, 5.41) is 0. The van der Waals surface area contributed by atoms with Gasteiger partial charge in [0.25, 0.3) is 0 Å². The SMILES string of the molecule is Cc1c(C(=O)OC2CCCC2)[nH]c2c1C(=O)CC(c1ccc(N(C)C)cc1)C2. The molecule has 1 aromatic heterocycles. The maximum absolute atomic E-state index is 12.9. The summed E-state index contributed by atoms with van der Waals surface area (Å²) in [6.07, 6.45) is 5.34. The van der Waals surface area contributed by atoms with Gasteiger partial charge in [-0.15, -0.1) is 0 Å². The highest BCUT2D eigenvalue weighted by atomic mass is 16.5. The highest BCUT2D eigenvalue weighted by Gasteiger charge is 2.33. The van der Waals surface area contributed by atoms with E-state index in [4.69, 9.17) is 4.74 Å². The molecule has 0 spiro atoms. The number of hydrogen-bond donors (Lipinski definition) is 1. The minimum atomic E-state index is -0.321. The lowest BCUT2D eigenvalue weighted by molar-refractivity contribution is 0.0310. The first-order valence-electron chi connectivity index (χ1n) is 10.2. The lowest BCUT2D eigenvalue weighted by atomic mass is 9.81. The molecular formula is C23H28N2O3. The number of carbonyl (C=O) groups is 2. The molecule has 2 aliphatic rings. The molecule has 1 unspecified atom stereocenters. The van der Waals surface area contributed by atoms with E-state index in [-0.39, 0.29) is 23.8 Å². The van der Waals surface area contributed by atoms with Crippen molar-refractivity contribution in [1.82, 2.24) is 4.98 Å². The molecule has 148 valence electrons. The number of rotatable bonds is 4. The minimum Gasteiger partial charge on any atom is -0.458 e. The Balaban J connectivity index is 1.56. The third-order valence-corrected chi connectivity index (χ3v) is 6.15. The Morgan fingerprint density at radius 2 is 1.79 bits per heavy atom. The number of aromatic amines is 1. The highest BCUT2D eigenvalue weighted by molar-refractivity contribution is 6.03. The smallest absolute Gasteiger partial charge is 0.355 e. The van der Waals surface area contributed by atoms with Gasteiger partial charge in [0, 0.05) is 37.5 Å². The minimum absolute atomic E-state index is 0.0193. The van der Waals surface area contributed by atoms with Crippen molar-refractivity contribution < 1.29 is 14.3 Å². The molecule has 0 radical (unpaired) electrons. The van der Waals surface area contributed by atoms with Crippen molar-refractivity contribution in [3.63, 3.8) is 0 Å². The average molecular weight is 380 g/mol. The summed E-state index contributed by atoms with van der Waals surface area (Å²) in [5.74, 6) is -0.0805. The Morgan fingerprint density at radius 3 is 2.43 bits per heavy atom. The van der Waals surface area contributed by atoms with Crippen molar-refractivity contribution in [2.24, 2.45) is 0 Å². The zero-order valence-corrected chi connectivity index (χ0v) is 16.9. The molecule has 5 nitrogen and oxygen atoms in total. The molecule has 28 heavy (non-hydrogen) atoms. The van der Waals surface area contributed by atoms with Crippen molar-refractivity contribution in [3.8, 4) is 0 Å². The number of nitrogens with zero attached hydrogens (tertiary/aromatic N) is 1. The van der Waals surface area contributed by atoms with E-state index in [0.717, 1.165) is 54.6 Å². The van der Waals surface area contributed by atoms with Gasteiger partial charge < -0.3 is 14.6 Å². The van der Waals surface area contributed by atoms with Crippen LogP contribution in [0.3, 0.4) is 0 Å². The number of ether oxygens (including phenoxy) is 1. The van der Waals surface area contributed by atoms with Gasteiger partial charge in [0.1, 0.15) is 11.8 Å². The zero-order valence-electron chi connectivity index (χ0n) is 16.9. The standard InChI is InChI=1S/C23H28N2O3/c1-14-21-19(24-22(14)23(27)28-18-6-4-5-7-18)12-16(13-20(21)26)15-8-10-17(11-9-15)25(2)3/h8-11,16,18,24H,4-7,12-13H2,1-3H3. The summed E-state index contributed by atoms with van der Waals surface area (Å²) in [5.41, 5.74) is 5.05. The molecule has 1 N–H and O–H groups in total. The molecule has 5 heteroatoms. The molecule has 0 aliphatic heterocycles. The molecule has 1 aromatic carbocycles. The number of benzene rings is 1. The largest absolute Gasteiger partial charge is 0.458 e. The molecule has 0 saturated heterocycles. The number of H-pyrrole nitrogens is 1. The van der Waals surface area contributed by atoms with Crippen LogP contribution in [0.25, 0.3) is 0 Å². The van der Waals surface area contributed by atoms with Gasteiger partial charge in [0.2, 0.25) is 0 Å². The Labute approximate surface area is 166 Å². The molecular weight excluding hydrogens is 352 g/mol. The molecule has 1 atom stereocenters. The van der Waals surface area contributed by atoms with Gasteiger partial charge in [-0.1, -0.05) is 12.1 Å². The number of Topliss-reactive ketones (excluding diaryl/α,β-unsaturated/α-hetero) is 1. The molecule has 0 bridgehead atoms. The average Bonchev–Trinajstić information content (AvgIpc) is 3.29. The fourth-order valence-corrected chi connectivity index (χ4v) is 4.53. The maximum atomic E-state index is 12.9. The monoisotopic (exact) mass is 380 g/mol. The number of esters is 1. The molecule has 4 rings (SSSR count). The number of hydrogen-bond acceptors (Lipinski definition) is 4. The van der Waals surface area contributed by atoms with Gasteiger partial charge in [-0.2, -0.15) is 0 Å². The second kappa shape index (κ2) is 7.46. The van der Waals surface area contributed by atoms with E-state index in [1.807, 2.05) is 21.0 Å². The first-order chi connectivity index (χ1) is 13.4. The molecule has 1 saturated carbocycles. The second-order valence-corrected chi connectivity index (χ2v) is 8.30. The van der Waals surface area contributed by atoms with Gasteiger partial charge >= 0.3 is 5.97 Å². The van der Waals surface area contributed by atoms with Crippen molar-refractivity contribution in [2.75, 3.05) is 19.0 Å². The number of fused-ring (bicyclic) bond motifs is 1. The van der Waals surface area contributed by atoms with Crippen molar-refractivity contribution in [3.05, 3.63) is 52.3 Å². The highest BCUT2D eigenvalue weighted by Crippen LogP contribution is 2.36. The fraction of sp³-hybridized carbons (Fsp3) is 0.478. The van der Waals surface area contributed by atoms with Crippen LogP contribution in [0.1, 0.15) is 75.7 Å². The number of nitrogens with one attached hydrogen (secondary N) is 1. The van der Waals surface area contributed by atoms with Crippen LogP contribution in [0.15, 0.2) is 24.3 Å². The van der Waals surface area contributed by atoms with Crippen LogP contribution in [-0.4, -0.2) is 36.9 Å². The van der Waals surface area contributed by atoms with E-state index >= 15 is 0 Å². The topological polar surface area (TPSA) is 62.4 Å². The summed E-state index contributed by atoms with van der Waals surface area (Å²) in [6, 6.07) is 8.37. The molecule has 2 aromatic rings. The molecule has 1 fully saturated rings. The van der Waals surface area contributed by atoms with E-state index in [9.17, 15) is 9.59 Å². The van der Waals surface area contributed by atoms with Crippen molar-refractivity contribution in [1.29, 1.82) is 0 Å². The predicted octanol–water partition coefficient (Wildman–Crippen LogP) is 4.40. The Morgan fingerprint density at radius 1 is 1.11 bits per heavy atom. The van der Waals surface area contributed by atoms with E-state index < -0.39 is 0 Å². The van der Waals surface area contributed by atoms with Crippen molar-refractivity contribution in [2.45, 2.75) is 57.5 Å². The van der Waals surface area contributed by atoms with E-state index in [1.54, 1.807) is 0 Å². The number of anilines is 1. The van der Waals surface area contributed by atoms with Gasteiger partial charge in [-0.25, -0.2) is 4.79 Å². The van der Waals surface area contributed by atoms with Crippen LogP contribution >= 0.6 is 0 Å². The second-order valence-electron chi connectivity index (χ2n) is 8.30. The van der Waals surface area contributed by atoms with Crippen LogP contribution in [0.4, 0.5) is 5.69 Å². The zero-order chi connectivity index (χ0) is 19.8. The first-order valence-corrected chi connectivity index (χ1v) is 10.2. The number of aromatic nitrogens is 1. The van der Waals surface area contributed by atoms with E-state index in [2.05, 4.69) is 34.1 Å². The molecule has 1 heterocycles.